The molecule has 1 amide bonds. The minimum atomic E-state index is -0.152. The molecule has 0 radical (unpaired) electrons. The summed E-state index contributed by atoms with van der Waals surface area (Å²) in [6.07, 6.45) is 5.87. The lowest BCUT2D eigenvalue weighted by Crippen LogP contribution is -2.21. The monoisotopic (exact) mass is 260 g/mol. The summed E-state index contributed by atoms with van der Waals surface area (Å²) in [6.45, 7) is 2.12. The van der Waals surface area contributed by atoms with Crippen LogP contribution in [0.5, 0.6) is 0 Å². The van der Waals surface area contributed by atoms with Gasteiger partial charge in [0, 0.05) is 19.2 Å². The molecule has 0 aliphatic heterocycles. The normalized spacial score (nSPS) is 14.6. The average molecular weight is 260 g/mol. The van der Waals surface area contributed by atoms with Gasteiger partial charge >= 0.3 is 0 Å². The second-order valence-electron chi connectivity index (χ2n) is 4.98. The van der Waals surface area contributed by atoms with Crippen molar-refractivity contribution in [1.82, 2.24) is 24.5 Å². The van der Waals surface area contributed by atoms with Gasteiger partial charge in [-0.1, -0.05) is 0 Å². The predicted octanol–water partition coefficient (Wildman–Crippen LogP) is 0.836. The Bertz CT molecular complexity index is 610. The molecule has 0 aromatic carbocycles. The zero-order chi connectivity index (χ0) is 13.4. The van der Waals surface area contributed by atoms with Gasteiger partial charge in [-0.3, -0.25) is 14.8 Å². The number of nitrogens with one attached hydrogen (secondary N) is 1. The van der Waals surface area contributed by atoms with Crippen molar-refractivity contribution >= 4 is 11.9 Å². The van der Waals surface area contributed by atoms with Crippen molar-refractivity contribution in [3.05, 3.63) is 23.8 Å². The van der Waals surface area contributed by atoms with Crippen LogP contribution in [-0.4, -0.2) is 30.5 Å². The number of amides is 1. The minimum absolute atomic E-state index is 0.152. The molecular formula is C12H16N6O. The number of aryl methyl sites for hydroxylation is 1. The van der Waals surface area contributed by atoms with E-state index < -0.39 is 0 Å². The lowest BCUT2D eigenvalue weighted by atomic mass is 10.4. The fourth-order valence-corrected chi connectivity index (χ4v) is 2.01. The van der Waals surface area contributed by atoms with Crippen molar-refractivity contribution in [2.24, 2.45) is 7.05 Å². The van der Waals surface area contributed by atoms with E-state index in [1.807, 2.05) is 24.7 Å². The van der Waals surface area contributed by atoms with E-state index in [2.05, 4.69) is 20.6 Å². The molecule has 1 aliphatic carbocycles. The van der Waals surface area contributed by atoms with Crippen LogP contribution in [0.3, 0.4) is 0 Å². The van der Waals surface area contributed by atoms with Crippen LogP contribution in [-0.2, 0) is 18.4 Å². The first kappa shape index (κ1) is 11.9. The van der Waals surface area contributed by atoms with E-state index in [4.69, 9.17) is 0 Å². The smallest absolute Gasteiger partial charge is 0.248 e. The molecule has 19 heavy (non-hydrogen) atoms. The summed E-state index contributed by atoms with van der Waals surface area (Å²) in [5, 5.41) is 15.0. The summed E-state index contributed by atoms with van der Waals surface area (Å²) >= 11 is 0. The van der Waals surface area contributed by atoms with Crippen LogP contribution >= 0.6 is 0 Å². The molecule has 3 rings (SSSR count). The SMILES string of the molecule is Cc1cnn(CC(=O)Nc2nnc(C3CC3)n2C)c1. The Labute approximate surface area is 110 Å². The summed E-state index contributed by atoms with van der Waals surface area (Å²) in [6, 6.07) is 0. The summed E-state index contributed by atoms with van der Waals surface area (Å²) in [7, 11) is 1.88. The average Bonchev–Trinajstić information content (AvgIpc) is 3.03. The van der Waals surface area contributed by atoms with Crippen LogP contribution in [0.15, 0.2) is 12.4 Å². The highest BCUT2D eigenvalue weighted by Gasteiger charge is 2.29. The zero-order valence-corrected chi connectivity index (χ0v) is 11.0. The van der Waals surface area contributed by atoms with E-state index >= 15 is 0 Å². The maximum absolute atomic E-state index is 11.9. The summed E-state index contributed by atoms with van der Waals surface area (Å²) < 4.78 is 3.45. The van der Waals surface area contributed by atoms with E-state index in [9.17, 15) is 4.79 Å². The van der Waals surface area contributed by atoms with Crippen molar-refractivity contribution in [3.8, 4) is 0 Å². The molecule has 1 aliphatic rings. The molecule has 0 saturated heterocycles. The Morgan fingerprint density at radius 1 is 1.47 bits per heavy atom. The van der Waals surface area contributed by atoms with E-state index in [1.165, 1.54) is 0 Å². The Kier molecular flexibility index (Phi) is 2.81. The molecule has 1 saturated carbocycles. The van der Waals surface area contributed by atoms with Crippen LogP contribution in [0.2, 0.25) is 0 Å². The van der Waals surface area contributed by atoms with Crippen LogP contribution in [0.1, 0.15) is 30.1 Å². The molecule has 7 nitrogen and oxygen atoms in total. The van der Waals surface area contributed by atoms with Crippen LogP contribution in [0.4, 0.5) is 5.95 Å². The molecule has 0 bridgehead atoms. The molecule has 2 aromatic heterocycles. The summed E-state index contributed by atoms with van der Waals surface area (Å²) in [5.74, 6) is 1.80. The third-order valence-electron chi connectivity index (χ3n) is 3.17. The van der Waals surface area contributed by atoms with Crippen molar-refractivity contribution < 1.29 is 4.79 Å². The van der Waals surface area contributed by atoms with Gasteiger partial charge in [-0.15, -0.1) is 10.2 Å². The second kappa shape index (κ2) is 4.49. The number of rotatable bonds is 4. The summed E-state index contributed by atoms with van der Waals surface area (Å²) in [4.78, 5) is 11.9. The minimum Gasteiger partial charge on any atom is -0.300 e. The lowest BCUT2D eigenvalue weighted by Gasteiger charge is -2.05. The molecule has 1 N–H and O–H groups in total. The quantitative estimate of drug-likeness (QED) is 0.883. The highest BCUT2D eigenvalue weighted by molar-refractivity contribution is 5.88. The number of carbonyl (C=O) groups excluding carboxylic acids is 1. The Morgan fingerprint density at radius 3 is 2.89 bits per heavy atom. The van der Waals surface area contributed by atoms with E-state index in [0.29, 0.717) is 11.9 Å². The highest BCUT2D eigenvalue weighted by Crippen LogP contribution is 2.39. The van der Waals surface area contributed by atoms with E-state index in [-0.39, 0.29) is 12.5 Å². The predicted molar refractivity (Wildman–Crippen MR) is 68.6 cm³/mol. The van der Waals surface area contributed by atoms with Gasteiger partial charge in [0.1, 0.15) is 12.4 Å². The Morgan fingerprint density at radius 2 is 2.26 bits per heavy atom. The standard InChI is InChI=1S/C12H16N6O/c1-8-5-13-18(6-8)7-10(19)14-12-16-15-11(17(12)2)9-3-4-9/h5-6,9H,3-4,7H2,1-2H3,(H,14,16,19). The van der Waals surface area contributed by atoms with Gasteiger partial charge in [0.2, 0.25) is 11.9 Å². The number of carbonyl (C=O) groups is 1. The number of aromatic nitrogens is 5. The van der Waals surface area contributed by atoms with Gasteiger partial charge < -0.3 is 4.57 Å². The first-order valence-corrected chi connectivity index (χ1v) is 6.31. The first-order valence-electron chi connectivity index (χ1n) is 6.31. The van der Waals surface area contributed by atoms with E-state index in [0.717, 1.165) is 24.2 Å². The van der Waals surface area contributed by atoms with Gasteiger partial charge in [0.05, 0.1) is 6.20 Å². The molecule has 0 spiro atoms. The van der Waals surface area contributed by atoms with Gasteiger partial charge in [-0.25, -0.2) is 0 Å². The molecule has 7 heteroatoms. The Balaban J connectivity index is 1.66. The number of nitrogens with zero attached hydrogens (tertiary/aromatic N) is 5. The van der Waals surface area contributed by atoms with Crippen LogP contribution < -0.4 is 5.32 Å². The van der Waals surface area contributed by atoms with Crippen molar-refractivity contribution in [2.45, 2.75) is 32.2 Å². The van der Waals surface area contributed by atoms with Crippen molar-refractivity contribution in [3.63, 3.8) is 0 Å². The number of hydrogen-bond donors (Lipinski definition) is 1. The van der Waals surface area contributed by atoms with Gasteiger partial charge in [-0.05, 0) is 25.3 Å². The van der Waals surface area contributed by atoms with Gasteiger partial charge in [0.25, 0.3) is 0 Å². The van der Waals surface area contributed by atoms with Gasteiger partial charge in [-0.2, -0.15) is 5.10 Å². The molecule has 1 fully saturated rings. The molecule has 100 valence electrons. The fraction of sp³-hybridized carbons (Fsp3) is 0.500. The van der Waals surface area contributed by atoms with E-state index in [1.54, 1.807) is 10.9 Å². The first-order chi connectivity index (χ1) is 9.13. The molecule has 2 aromatic rings. The maximum atomic E-state index is 11.9. The fourth-order valence-electron chi connectivity index (χ4n) is 2.01. The maximum Gasteiger partial charge on any atom is 0.248 e. The lowest BCUT2D eigenvalue weighted by molar-refractivity contribution is -0.117. The van der Waals surface area contributed by atoms with Gasteiger partial charge in [0.15, 0.2) is 0 Å². The Hall–Kier alpha value is -2.18. The zero-order valence-electron chi connectivity index (χ0n) is 11.0. The topological polar surface area (TPSA) is 77.6 Å². The largest absolute Gasteiger partial charge is 0.300 e. The van der Waals surface area contributed by atoms with Crippen LogP contribution in [0, 0.1) is 6.92 Å². The second-order valence-corrected chi connectivity index (χ2v) is 4.98. The third-order valence-corrected chi connectivity index (χ3v) is 3.17. The van der Waals surface area contributed by atoms with Crippen molar-refractivity contribution in [1.29, 1.82) is 0 Å². The number of anilines is 1. The molecule has 0 atom stereocenters. The van der Waals surface area contributed by atoms with Crippen LogP contribution in [0.25, 0.3) is 0 Å². The van der Waals surface area contributed by atoms with Crippen molar-refractivity contribution in [2.75, 3.05) is 5.32 Å². The molecule has 0 unspecified atom stereocenters. The molecular weight excluding hydrogens is 244 g/mol. The number of hydrogen-bond acceptors (Lipinski definition) is 4. The third kappa shape index (κ3) is 2.49. The summed E-state index contributed by atoms with van der Waals surface area (Å²) in [5.41, 5.74) is 1.03. The molecule has 2 heterocycles. The highest BCUT2D eigenvalue weighted by atomic mass is 16.2.